The largest absolute Gasteiger partial charge is 0.497 e. The molecule has 3 rings (SSSR count). The van der Waals surface area contributed by atoms with Crippen LogP contribution in [-0.4, -0.2) is 32.4 Å². The standard InChI is InChI=1S/C19H18N2O4S/c1-23-13-9-8-12(16(11-13)25-3)10-17-18(22)21-19(26-17)20-14-6-4-5-7-15(14)24-2/h4-11H,1-3H3,(H,20,21,22)/b17-10-. The van der Waals surface area contributed by atoms with Gasteiger partial charge in [0.25, 0.3) is 5.91 Å². The van der Waals surface area contributed by atoms with E-state index in [0.717, 1.165) is 5.56 Å². The molecule has 0 unspecified atom stereocenters. The molecule has 6 nitrogen and oxygen atoms in total. The maximum absolute atomic E-state index is 12.3. The Bertz CT molecular complexity index is 893. The van der Waals surface area contributed by atoms with Gasteiger partial charge in [0, 0.05) is 11.6 Å². The molecule has 1 N–H and O–H groups in total. The minimum Gasteiger partial charge on any atom is -0.497 e. The van der Waals surface area contributed by atoms with Crippen molar-refractivity contribution in [1.82, 2.24) is 5.32 Å². The van der Waals surface area contributed by atoms with E-state index in [1.54, 1.807) is 33.5 Å². The molecule has 0 aromatic heterocycles. The van der Waals surface area contributed by atoms with Crippen LogP contribution in [0, 0.1) is 0 Å². The molecule has 2 aromatic rings. The molecule has 26 heavy (non-hydrogen) atoms. The van der Waals surface area contributed by atoms with Crippen LogP contribution in [0.25, 0.3) is 6.08 Å². The van der Waals surface area contributed by atoms with Crippen LogP contribution in [0.2, 0.25) is 0 Å². The van der Waals surface area contributed by atoms with Gasteiger partial charge >= 0.3 is 0 Å². The summed E-state index contributed by atoms with van der Waals surface area (Å²) in [5.74, 6) is 1.75. The number of hydrogen-bond donors (Lipinski definition) is 1. The first-order chi connectivity index (χ1) is 12.6. The van der Waals surface area contributed by atoms with Gasteiger partial charge in [-0.1, -0.05) is 12.1 Å². The van der Waals surface area contributed by atoms with Gasteiger partial charge in [0.15, 0.2) is 5.17 Å². The van der Waals surface area contributed by atoms with Gasteiger partial charge in [-0.05, 0) is 42.1 Å². The van der Waals surface area contributed by atoms with Crippen molar-refractivity contribution in [3.8, 4) is 17.2 Å². The highest BCUT2D eigenvalue weighted by Gasteiger charge is 2.24. The van der Waals surface area contributed by atoms with Crippen LogP contribution in [-0.2, 0) is 4.79 Å². The first-order valence-electron chi connectivity index (χ1n) is 7.79. The Labute approximate surface area is 155 Å². The fraction of sp³-hybridized carbons (Fsp3) is 0.158. The number of aliphatic imine (C=N–C) groups is 1. The Morgan fingerprint density at radius 3 is 2.50 bits per heavy atom. The predicted octanol–water partition coefficient (Wildman–Crippen LogP) is 3.60. The van der Waals surface area contributed by atoms with Gasteiger partial charge in [-0.25, -0.2) is 4.99 Å². The van der Waals surface area contributed by atoms with Crippen molar-refractivity contribution in [2.24, 2.45) is 4.99 Å². The van der Waals surface area contributed by atoms with Gasteiger partial charge in [-0.15, -0.1) is 0 Å². The smallest absolute Gasteiger partial charge is 0.264 e. The Kier molecular flexibility index (Phi) is 5.48. The second kappa shape index (κ2) is 7.97. The van der Waals surface area contributed by atoms with Crippen LogP contribution in [0.4, 0.5) is 5.69 Å². The minimum absolute atomic E-state index is 0.207. The number of carbonyl (C=O) groups is 1. The maximum atomic E-state index is 12.3. The summed E-state index contributed by atoms with van der Waals surface area (Å²) >= 11 is 1.26. The number of ether oxygens (including phenoxy) is 3. The van der Waals surface area contributed by atoms with Crippen molar-refractivity contribution in [2.45, 2.75) is 0 Å². The number of benzene rings is 2. The van der Waals surface area contributed by atoms with Crippen molar-refractivity contribution >= 4 is 34.6 Å². The Morgan fingerprint density at radius 1 is 1.00 bits per heavy atom. The number of thioether (sulfide) groups is 1. The van der Waals surface area contributed by atoms with E-state index in [1.807, 2.05) is 36.4 Å². The molecule has 1 saturated heterocycles. The third-order valence-electron chi connectivity index (χ3n) is 3.69. The van der Waals surface area contributed by atoms with E-state index in [1.165, 1.54) is 11.8 Å². The van der Waals surface area contributed by atoms with Gasteiger partial charge in [0.05, 0.1) is 26.2 Å². The fourth-order valence-electron chi connectivity index (χ4n) is 2.39. The van der Waals surface area contributed by atoms with Crippen LogP contribution in [0.1, 0.15) is 5.56 Å². The molecule has 2 aromatic carbocycles. The SMILES string of the molecule is COc1ccc(/C=C2\SC(=Nc3ccccc3OC)NC2=O)c(OC)c1. The quantitative estimate of drug-likeness (QED) is 0.815. The minimum atomic E-state index is -0.207. The van der Waals surface area contributed by atoms with Gasteiger partial charge in [0.2, 0.25) is 0 Å². The number of para-hydroxylation sites is 2. The molecular formula is C19H18N2O4S. The topological polar surface area (TPSA) is 69.2 Å². The highest BCUT2D eigenvalue weighted by atomic mass is 32.2. The first-order valence-corrected chi connectivity index (χ1v) is 8.61. The number of methoxy groups -OCH3 is 3. The van der Waals surface area contributed by atoms with Crippen LogP contribution >= 0.6 is 11.8 Å². The van der Waals surface area contributed by atoms with E-state index in [-0.39, 0.29) is 5.91 Å². The van der Waals surface area contributed by atoms with Crippen LogP contribution < -0.4 is 19.5 Å². The van der Waals surface area contributed by atoms with E-state index in [4.69, 9.17) is 14.2 Å². The van der Waals surface area contributed by atoms with E-state index in [2.05, 4.69) is 10.3 Å². The van der Waals surface area contributed by atoms with Crippen molar-refractivity contribution in [3.05, 3.63) is 52.9 Å². The molecule has 0 radical (unpaired) electrons. The number of nitrogens with one attached hydrogen (secondary N) is 1. The lowest BCUT2D eigenvalue weighted by molar-refractivity contribution is -0.115. The van der Waals surface area contributed by atoms with Crippen molar-refractivity contribution < 1.29 is 19.0 Å². The first kappa shape index (κ1) is 17.9. The molecule has 0 aliphatic carbocycles. The molecule has 0 bridgehead atoms. The van der Waals surface area contributed by atoms with E-state index in [0.29, 0.717) is 33.0 Å². The zero-order chi connectivity index (χ0) is 18.5. The monoisotopic (exact) mass is 370 g/mol. The average molecular weight is 370 g/mol. The van der Waals surface area contributed by atoms with E-state index >= 15 is 0 Å². The van der Waals surface area contributed by atoms with Crippen LogP contribution in [0.15, 0.2) is 52.4 Å². The Morgan fingerprint density at radius 2 is 1.77 bits per heavy atom. The fourth-order valence-corrected chi connectivity index (χ4v) is 3.22. The van der Waals surface area contributed by atoms with Gasteiger partial charge in [-0.3, -0.25) is 4.79 Å². The lowest BCUT2D eigenvalue weighted by atomic mass is 10.1. The lowest BCUT2D eigenvalue weighted by Crippen LogP contribution is -2.19. The average Bonchev–Trinajstić information content (AvgIpc) is 3.01. The number of amidine groups is 1. The normalized spacial score (nSPS) is 16.7. The Balaban J connectivity index is 1.88. The highest BCUT2D eigenvalue weighted by Crippen LogP contribution is 2.34. The van der Waals surface area contributed by atoms with E-state index in [9.17, 15) is 4.79 Å². The predicted molar refractivity (Wildman–Crippen MR) is 103 cm³/mol. The molecule has 134 valence electrons. The third-order valence-corrected chi connectivity index (χ3v) is 4.60. The maximum Gasteiger partial charge on any atom is 0.264 e. The molecule has 7 heteroatoms. The number of nitrogens with zero attached hydrogens (tertiary/aromatic N) is 1. The summed E-state index contributed by atoms with van der Waals surface area (Å²) in [6, 6.07) is 12.8. The summed E-state index contributed by atoms with van der Waals surface area (Å²) in [5, 5.41) is 3.27. The second-order valence-electron chi connectivity index (χ2n) is 5.26. The van der Waals surface area contributed by atoms with Gasteiger partial charge in [0.1, 0.15) is 22.9 Å². The number of rotatable bonds is 5. The number of hydrogen-bond acceptors (Lipinski definition) is 6. The molecule has 1 aliphatic heterocycles. The van der Waals surface area contributed by atoms with Crippen molar-refractivity contribution in [3.63, 3.8) is 0 Å². The summed E-state index contributed by atoms with van der Waals surface area (Å²) in [6.45, 7) is 0. The zero-order valence-corrected chi connectivity index (χ0v) is 15.4. The van der Waals surface area contributed by atoms with Crippen LogP contribution in [0.3, 0.4) is 0 Å². The third kappa shape index (κ3) is 3.83. The van der Waals surface area contributed by atoms with Crippen molar-refractivity contribution in [1.29, 1.82) is 0 Å². The molecule has 0 saturated carbocycles. The van der Waals surface area contributed by atoms with Crippen molar-refractivity contribution in [2.75, 3.05) is 21.3 Å². The molecule has 0 spiro atoms. The van der Waals surface area contributed by atoms with Crippen LogP contribution in [0.5, 0.6) is 17.2 Å². The van der Waals surface area contributed by atoms with Gasteiger partial charge < -0.3 is 19.5 Å². The number of amides is 1. The Hall–Kier alpha value is -2.93. The summed E-state index contributed by atoms with van der Waals surface area (Å²) in [5.41, 5.74) is 1.44. The molecular weight excluding hydrogens is 352 g/mol. The summed E-state index contributed by atoms with van der Waals surface area (Å²) in [4.78, 5) is 17.3. The van der Waals surface area contributed by atoms with Gasteiger partial charge in [-0.2, -0.15) is 0 Å². The summed E-state index contributed by atoms with van der Waals surface area (Å²) < 4.78 is 15.9. The summed E-state index contributed by atoms with van der Waals surface area (Å²) in [6.07, 6.45) is 1.77. The molecule has 1 amide bonds. The molecule has 1 heterocycles. The molecule has 1 aliphatic rings. The highest BCUT2D eigenvalue weighted by molar-refractivity contribution is 8.18. The number of carbonyl (C=O) groups excluding carboxylic acids is 1. The summed E-state index contributed by atoms with van der Waals surface area (Å²) in [7, 11) is 4.75. The second-order valence-corrected chi connectivity index (χ2v) is 6.29. The molecule has 1 fully saturated rings. The zero-order valence-electron chi connectivity index (χ0n) is 14.6. The van der Waals surface area contributed by atoms with E-state index < -0.39 is 0 Å². The lowest BCUT2D eigenvalue weighted by Gasteiger charge is -2.07. The molecule has 0 atom stereocenters.